The first-order valence-electron chi connectivity index (χ1n) is 12.0. The van der Waals surface area contributed by atoms with Gasteiger partial charge in [0.05, 0.1) is 27.2 Å². The summed E-state index contributed by atoms with van der Waals surface area (Å²) >= 11 is 13.5. The molecule has 1 heterocycles. The molecule has 38 heavy (non-hydrogen) atoms. The summed E-state index contributed by atoms with van der Waals surface area (Å²) < 4.78 is 5.89. The molecule has 5 rings (SSSR count). The number of carbonyl (C=O) groups is 1. The fraction of sp³-hybridized carbons (Fsp3) is 0.0968. The van der Waals surface area contributed by atoms with Crippen LogP contribution >= 0.6 is 35.0 Å². The zero-order valence-electron chi connectivity index (χ0n) is 20.6. The van der Waals surface area contributed by atoms with Crippen LogP contribution in [0.15, 0.2) is 107 Å². The summed E-state index contributed by atoms with van der Waals surface area (Å²) in [6, 6.07) is 31.0. The topological polar surface area (TPSA) is 41.9 Å². The third-order valence-electron chi connectivity index (χ3n) is 5.90. The van der Waals surface area contributed by atoms with Crippen LogP contribution in [-0.4, -0.2) is 16.0 Å². The molecule has 190 valence electrons. The summed E-state index contributed by atoms with van der Waals surface area (Å²) in [6.45, 7) is 2.87. The van der Waals surface area contributed by atoms with Gasteiger partial charge in [0.2, 0.25) is 0 Å². The fourth-order valence-corrected chi connectivity index (χ4v) is 5.15. The predicted octanol–water partition coefficient (Wildman–Crippen LogP) is 8.69. The molecule has 1 amide bonds. The van der Waals surface area contributed by atoms with Crippen molar-refractivity contribution in [2.24, 2.45) is 4.99 Å². The molecule has 1 aliphatic rings. The Morgan fingerprint density at radius 3 is 2.32 bits per heavy atom. The molecule has 1 saturated heterocycles. The summed E-state index contributed by atoms with van der Waals surface area (Å²) in [6.07, 6.45) is 1.89. The van der Waals surface area contributed by atoms with Crippen LogP contribution in [0.2, 0.25) is 10.0 Å². The highest BCUT2D eigenvalue weighted by Crippen LogP contribution is 2.35. The number of hydrogen-bond acceptors (Lipinski definition) is 4. The second kappa shape index (κ2) is 11.9. The molecular weight excluding hydrogens is 535 g/mol. The second-order valence-electron chi connectivity index (χ2n) is 8.82. The van der Waals surface area contributed by atoms with E-state index in [0.717, 1.165) is 33.7 Å². The molecule has 0 aliphatic carbocycles. The van der Waals surface area contributed by atoms with Gasteiger partial charge in [-0.15, -0.1) is 0 Å². The van der Waals surface area contributed by atoms with Crippen molar-refractivity contribution in [1.29, 1.82) is 0 Å². The van der Waals surface area contributed by atoms with Crippen molar-refractivity contribution in [3.05, 3.63) is 134 Å². The predicted molar refractivity (Wildman–Crippen MR) is 158 cm³/mol. The number of aryl methyl sites for hydroxylation is 1. The average molecular weight is 560 g/mol. The van der Waals surface area contributed by atoms with E-state index in [1.54, 1.807) is 17.0 Å². The molecule has 0 unspecified atom stereocenters. The van der Waals surface area contributed by atoms with Crippen LogP contribution < -0.4 is 4.74 Å². The Balaban J connectivity index is 1.34. The molecule has 4 aromatic carbocycles. The maximum Gasteiger partial charge on any atom is 0.267 e. The lowest BCUT2D eigenvalue weighted by Crippen LogP contribution is -2.28. The van der Waals surface area contributed by atoms with Gasteiger partial charge in [-0.25, -0.2) is 4.99 Å². The Bertz CT molecular complexity index is 1500. The minimum atomic E-state index is -0.0651. The van der Waals surface area contributed by atoms with Gasteiger partial charge in [0.15, 0.2) is 5.17 Å². The van der Waals surface area contributed by atoms with E-state index in [1.807, 2.05) is 97.9 Å². The standard InChI is InChI=1S/C31H24Cl2N2O2S/c1-21-7-12-25(13-8-21)34-31-35(19-23-5-3-2-4-6-23)30(36)29(38-31)18-22-9-14-26(15-10-22)37-20-24-11-16-27(32)28(33)17-24/h2-18H,19-20H2,1H3/b29-18+,34-31?. The molecule has 7 heteroatoms. The van der Waals surface area contributed by atoms with Gasteiger partial charge in [-0.05, 0) is 77.9 Å². The first-order chi connectivity index (χ1) is 18.4. The SMILES string of the molecule is Cc1ccc(N=C2S/C(=C/c3ccc(OCc4ccc(Cl)c(Cl)c4)cc3)C(=O)N2Cc2ccccc2)cc1. The number of halogens is 2. The van der Waals surface area contributed by atoms with Crippen LogP contribution in [-0.2, 0) is 17.9 Å². The van der Waals surface area contributed by atoms with Gasteiger partial charge in [-0.3, -0.25) is 9.69 Å². The number of hydrogen-bond donors (Lipinski definition) is 0. The van der Waals surface area contributed by atoms with Crippen LogP contribution in [0.5, 0.6) is 5.75 Å². The zero-order chi connectivity index (χ0) is 26.5. The normalized spacial score (nSPS) is 15.4. The highest BCUT2D eigenvalue weighted by Gasteiger charge is 2.33. The lowest BCUT2D eigenvalue weighted by atomic mass is 10.2. The molecule has 0 N–H and O–H groups in total. The fourth-order valence-electron chi connectivity index (χ4n) is 3.83. The molecule has 0 spiro atoms. The maximum atomic E-state index is 13.5. The number of carbonyl (C=O) groups excluding carboxylic acids is 1. The van der Waals surface area contributed by atoms with Crippen molar-refractivity contribution < 1.29 is 9.53 Å². The van der Waals surface area contributed by atoms with E-state index < -0.39 is 0 Å². The molecule has 0 radical (unpaired) electrons. The minimum Gasteiger partial charge on any atom is -0.489 e. The third-order valence-corrected chi connectivity index (χ3v) is 7.64. The van der Waals surface area contributed by atoms with E-state index in [2.05, 4.69) is 0 Å². The van der Waals surface area contributed by atoms with Gasteiger partial charge in [0.1, 0.15) is 12.4 Å². The van der Waals surface area contributed by atoms with E-state index >= 15 is 0 Å². The summed E-state index contributed by atoms with van der Waals surface area (Å²) in [5, 5.41) is 1.68. The Morgan fingerprint density at radius 1 is 0.868 bits per heavy atom. The van der Waals surface area contributed by atoms with Crippen molar-refractivity contribution in [2.75, 3.05) is 0 Å². The van der Waals surface area contributed by atoms with E-state index in [-0.39, 0.29) is 5.91 Å². The Hall–Kier alpha value is -3.51. The second-order valence-corrected chi connectivity index (χ2v) is 10.6. The maximum absolute atomic E-state index is 13.5. The zero-order valence-corrected chi connectivity index (χ0v) is 22.9. The Morgan fingerprint density at radius 2 is 1.61 bits per heavy atom. The minimum absolute atomic E-state index is 0.0651. The molecule has 1 fully saturated rings. The van der Waals surface area contributed by atoms with E-state index in [4.69, 9.17) is 32.9 Å². The first-order valence-corrected chi connectivity index (χ1v) is 13.6. The number of amides is 1. The molecule has 0 saturated carbocycles. The summed E-state index contributed by atoms with van der Waals surface area (Å²) in [7, 11) is 0. The van der Waals surface area contributed by atoms with Gasteiger partial charge in [0.25, 0.3) is 5.91 Å². The van der Waals surface area contributed by atoms with E-state index in [9.17, 15) is 4.79 Å². The molecule has 4 aromatic rings. The first kappa shape index (κ1) is 26.1. The van der Waals surface area contributed by atoms with Crippen molar-refractivity contribution >= 4 is 57.8 Å². The molecular formula is C31H24Cl2N2O2S. The highest BCUT2D eigenvalue weighted by molar-refractivity contribution is 8.18. The largest absolute Gasteiger partial charge is 0.489 e. The van der Waals surface area contributed by atoms with Gasteiger partial charge < -0.3 is 4.74 Å². The van der Waals surface area contributed by atoms with Crippen molar-refractivity contribution in [2.45, 2.75) is 20.1 Å². The molecule has 4 nitrogen and oxygen atoms in total. The highest BCUT2D eigenvalue weighted by atomic mass is 35.5. The Kier molecular flexibility index (Phi) is 8.18. The smallest absolute Gasteiger partial charge is 0.267 e. The number of nitrogens with zero attached hydrogens (tertiary/aromatic N) is 2. The van der Waals surface area contributed by atoms with Crippen LogP contribution in [0.4, 0.5) is 5.69 Å². The van der Waals surface area contributed by atoms with Crippen LogP contribution in [0.1, 0.15) is 22.3 Å². The van der Waals surface area contributed by atoms with E-state index in [1.165, 1.54) is 11.8 Å². The molecule has 0 bridgehead atoms. The number of rotatable bonds is 7. The van der Waals surface area contributed by atoms with Gasteiger partial charge in [-0.1, -0.05) is 89.4 Å². The van der Waals surface area contributed by atoms with Crippen LogP contribution in [0.3, 0.4) is 0 Å². The van der Waals surface area contributed by atoms with Crippen molar-refractivity contribution in [3.63, 3.8) is 0 Å². The number of thioether (sulfide) groups is 1. The average Bonchev–Trinajstić information content (AvgIpc) is 3.21. The molecule has 1 aliphatic heterocycles. The summed E-state index contributed by atoms with van der Waals surface area (Å²) in [4.78, 5) is 20.6. The van der Waals surface area contributed by atoms with E-state index in [0.29, 0.717) is 33.3 Å². The summed E-state index contributed by atoms with van der Waals surface area (Å²) in [5.41, 5.74) is 4.85. The number of aliphatic imine (C=N–C) groups is 1. The lowest BCUT2D eigenvalue weighted by Gasteiger charge is -2.15. The van der Waals surface area contributed by atoms with Crippen molar-refractivity contribution in [3.8, 4) is 5.75 Å². The van der Waals surface area contributed by atoms with Crippen molar-refractivity contribution in [1.82, 2.24) is 4.90 Å². The number of ether oxygens (including phenoxy) is 1. The van der Waals surface area contributed by atoms with Gasteiger partial charge >= 0.3 is 0 Å². The van der Waals surface area contributed by atoms with Crippen LogP contribution in [0.25, 0.3) is 6.08 Å². The van der Waals surface area contributed by atoms with Crippen LogP contribution in [0, 0.1) is 6.92 Å². The number of amidine groups is 1. The Labute approximate surface area is 236 Å². The number of benzene rings is 4. The quantitative estimate of drug-likeness (QED) is 0.213. The van der Waals surface area contributed by atoms with Gasteiger partial charge in [-0.2, -0.15) is 0 Å². The monoisotopic (exact) mass is 558 g/mol. The third kappa shape index (κ3) is 6.48. The molecule has 0 aromatic heterocycles. The lowest BCUT2D eigenvalue weighted by molar-refractivity contribution is -0.122. The molecule has 0 atom stereocenters. The van der Waals surface area contributed by atoms with Gasteiger partial charge in [0, 0.05) is 0 Å². The summed E-state index contributed by atoms with van der Waals surface area (Å²) in [5.74, 6) is 0.653.